The van der Waals surface area contributed by atoms with Crippen LogP contribution in [0, 0.1) is 11.3 Å². The van der Waals surface area contributed by atoms with Crippen LogP contribution < -0.4 is 0 Å². The van der Waals surface area contributed by atoms with Crippen molar-refractivity contribution >= 4 is 5.78 Å². The normalized spacial score (nSPS) is 9.33. The van der Waals surface area contributed by atoms with Gasteiger partial charge in [-0.25, -0.2) is 9.67 Å². The van der Waals surface area contributed by atoms with Crippen LogP contribution in [0.5, 0.6) is 0 Å². The number of carbonyl (C=O) groups is 1. The molecule has 0 spiro atoms. The molecule has 0 saturated carbocycles. The quantitative estimate of drug-likeness (QED) is 0.636. The van der Waals surface area contributed by atoms with Crippen molar-refractivity contribution in [1.82, 2.24) is 14.8 Å². The molecule has 0 atom stereocenters. The molecule has 0 bridgehead atoms. The van der Waals surface area contributed by atoms with Gasteiger partial charge in [-0.2, -0.15) is 5.26 Å². The number of carbonyl (C=O) groups excluding carboxylic acids is 1. The van der Waals surface area contributed by atoms with Gasteiger partial charge in [0.05, 0.1) is 0 Å². The third-order valence-corrected chi connectivity index (χ3v) is 1.37. The Kier molecular flexibility index (Phi) is 2.53. The van der Waals surface area contributed by atoms with Gasteiger partial charge in [-0.15, -0.1) is 5.10 Å². The van der Waals surface area contributed by atoms with Gasteiger partial charge in [-0.05, 0) is 0 Å². The molecule has 0 aliphatic carbocycles. The zero-order valence-electron chi connectivity index (χ0n) is 6.69. The van der Waals surface area contributed by atoms with Crippen LogP contribution in [0.3, 0.4) is 0 Å². The maximum absolute atomic E-state index is 10.9. The molecule has 0 saturated heterocycles. The maximum atomic E-state index is 10.9. The molecule has 62 valence electrons. The average Bonchev–Trinajstić information content (AvgIpc) is 2.52. The van der Waals surface area contributed by atoms with E-state index in [0.717, 1.165) is 0 Å². The predicted molar refractivity (Wildman–Crippen MR) is 40.0 cm³/mol. The van der Waals surface area contributed by atoms with Crippen LogP contribution in [0.15, 0.2) is 6.33 Å². The van der Waals surface area contributed by atoms with Gasteiger partial charge in [-0.1, -0.05) is 6.92 Å². The summed E-state index contributed by atoms with van der Waals surface area (Å²) in [6.45, 7) is 1.98. The standard InChI is InChI=1S/C7H8N4O/c1-2-6(12)4-11-5-9-7(3-8)10-11/h5H,2,4H2,1H3. The molecule has 1 aromatic rings. The Labute approximate surface area is 69.6 Å². The molecule has 1 heterocycles. The van der Waals surface area contributed by atoms with Crippen LogP contribution in [0.25, 0.3) is 0 Å². The average molecular weight is 164 g/mol. The topological polar surface area (TPSA) is 71.6 Å². The Morgan fingerprint density at radius 3 is 3.08 bits per heavy atom. The monoisotopic (exact) mass is 164 g/mol. The lowest BCUT2D eigenvalue weighted by molar-refractivity contribution is -0.119. The van der Waals surface area contributed by atoms with Gasteiger partial charge in [0.15, 0.2) is 5.78 Å². The fourth-order valence-electron chi connectivity index (χ4n) is 0.715. The Bertz CT molecular complexity index is 322. The summed E-state index contributed by atoms with van der Waals surface area (Å²) in [5, 5.41) is 12.1. The summed E-state index contributed by atoms with van der Waals surface area (Å²) in [5.74, 6) is 0.170. The minimum atomic E-state index is 0.0735. The first-order valence-corrected chi connectivity index (χ1v) is 3.57. The van der Waals surface area contributed by atoms with Gasteiger partial charge in [0.2, 0.25) is 0 Å². The minimum Gasteiger partial charge on any atom is -0.298 e. The first-order valence-electron chi connectivity index (χ1n) is 3.57. The SMILES string of the molecule is CCC(=O)Cn1cnc(C#N)n1. The molecule has 0 fully saturated rings. The highest BCUT2D eigenvalue weighted by atomic mass is 16.1. The molecule has 0 amide bonds. The minimum absolute atomic E-state index is 0.0735. The fourth-order valence-corrected chi connectivity index (χ4v) is 0.715. The van der Waals surface area contributed by atoms with Gasteiger partial charge in [-0.3, -0.25) is 4.79 Å². The first kappa shape index (κ1) is 8.40. The molecule has 0 radical (unpaired) electrons. The summed E-state index contributed by atoms with van der Waals surface area (Å²) >= 11 is 0. The van der Waals surface area contributed by atoms with E-state index in [4.69, 9.17) is 5.26 Å². The molecule has 12 heavy (non-hydrogen) atoms. The zero-order chi connectivity index (χ0) is 8.97. The number of aromatic nitrogens is 3. The summed E-state index contributed by atoms with van der Waals surface area (Å²) < 4.78 is 1.37. The van der Waals surface area contributed by atoms with E-state index in [9.17, 15) is 4.79 Å². The van der Waals surface area contributed by atoms with Crippen molar-refractivity contribution in [2.45, 2.75) is 19.9 Å². The van der Waals surface area contributed by atoms with E-state index in [1.54, 1.807) is 13.0 Å². The van der Waals surface area contributed by atoms with Gasteiger partial charge in [0, 0.05) is 6.42 Å². The molecule has 5 heteroatoms. The number of nitrogens with zero attached hydrogens (tertiary/aromatic N) is 4. The lowest BCUT2D eigenvalue weighted by Crippen LogP contribution is -2.09. The van der Waals surface area contributed by atoms with Crippen molar-refractivity contribution in [3.8, 4) is 6.07 Å². The van der Waals surface area contributed by atoms with E-state index < -0.39 is 0 Å². The van der Waals surface area contributed by atoms with Crippen molar-refractivity contribution in [3.63, 3.8) is 0 Å². The molecule has 0 N–H and O–H groups in total. The van der Waals surface area contributed by atoms with Crippen LogP contribution in [0.1, 0.15) is 19.2 Å². The van der Waals surface area contributed by atoms with Crippen molar-refractivity contribution < 1.29 is 4.79 Å². The molecule has 0 unspecified atom stereocenters. The summed E-state index contributed by atoms with van der Waals surface area (Å²) in [7, 11) is 0. The molecule has 0 aliphatic heterocycles. The number of Topliss-reactive ketones (excluding diaryl/α,β-unsaturated/α-hetero) is 1. The highest BCUT2D eigenvalue weighted by molar-refractivity contribution is 5.77. The highest BCUT2D eigenvalue weighted by Crippen LogP contribution is 1.90. The predicted octanol–water partition coefficient (Wildman–Crippen LogP) is 0.129. The van der Waals surface area contributed by atoms with Gasteiger partial charge >= 0.3 is 0 Å². The lowest BCUT2D eigenvalue weighted by atomic mass is 10.3. The molecule has 1 rings (SSSR count). The van der Waals surface area contributed by atoms with Crippen molar-refractivity contribution in [2.24, 2.45) is 0 Å². The fraction of sp³-hybridized carbons (Fsp3) is 0.429. The van der Waals surface area contributed by atoms with Crippen LogP contribution >= 0.6 is 0 Å². The smallest absolute Gasteiger partial charge is 0.252 e. The second-order valence-electron chi connectivity index (χ2n) is 2.27. The van der Waals surface area contributed by atoms with E-state index in [1.165, 1.54) is 11.0 Å². The Hall–Kier alpha value is -1.70. The van der Waals surface area contributed by atoms with E-state index in [2.05, 4.69) is 10.1 Å². The second-order valence-corrected chi connectivity index (χ2v) is 2.27. The molecule has 0 aromatic carbocycles. The first-order chi connectivity index (χ1) is 5.76. The molecule has 0 aliphatic rings. The molecular weight excluding hydrogens is 156 g/mol. The number of ketones is 1. The summed E-state index contributed by atoms with van der Waals surface area (Å²) in [6, 6.07) is 1.78. The van der Waals surface area contributed by atoms with Crippen LogP contribution in [0.4, 0.5) is 0 Å². The summed E-state index contributed by atoms with van der Waals surface area (Å²) in [5.41, 5.74) is 0. The van der Waals surface area contributed by atoms with Crippen molar-refractivity contribution in [1.29, 1.82) is 5.26 Å². The molecule has 1 aromatic heterocycles. The third kappa shape index (κ3) is 1.89. The summed E-state index contributed by atoms with van der Waals surface area (Å²) in [4.78, 5) is 14.6. The number of hydrogen-bond acceptors (Lipinski definition) is 4. The van der Waals surface area contributed by atoms with E-state index in [1.807, 2.05) is 0 Å². The second kappa shape index (κ2) is 3.62. The summed E-state index contributed by atoms with van der Waals surface area (Å²) in [6.07, 6.45) is 1.86. The van der Waals surface area contributed by atoms with Gasteiger partial charge in [0.1, 0.15) is 18.9 Å². The van der Waals surface area contributed by atoms with E-state index in [-0.39, 0.29) is 18.2 Å². The maximum Gasteiger partial charge on any atom is 0.252 e. The largest absolute Gasteiger partial charge is 0.298 e. The Morgan fingerprint density at radius 1 is 1.83 bits per heavy atom. The van der Waals surface area contributed by atoms with Crippen LogP contribution in [0.2, 0.25) is 0 Å². The third-order valence-electron chi connectivity index (χ3n) is 1.37. The Morgan fingerprint density at radius 2 is 2.58 bits per heavy atom. The van der Waals surface area contributed by atoms with Crippen LogP contribution in [-0.4, -0.2) is 20.5 Å². The molecular formula is C7H8N4O. The lowest BCUT2D eigenvalue weighted by Gasteiger charge is -1.94. The van der Waals surface area contributed by atoms with Gasteiger partial charge < -0.3 is 0 Å². The van der Waals surface area contributed by atoms with E-state index >= 15 is 0 Å². The zero-order valence-corrected chi connectivity index (χ0v) is 6.69. The molecule has 5 nitrogen and oxygen atoms in total. The van der Waals surface area contributed by atoms with Crippen LogP contribution in [-0.2, 0) is 11.3 Å². The number of hydrogen-bond donors (Lipinski definition) is 0. The van der Waals surface area contributed by atoms with E-state index in [0.29, 0.717) is 6.42 Å². The van der Waals surface area contributed by atoms with Crippen molar-refractivity contribution in [2.75, 3.05) is 0 Å². The Balaban J connectivity index is 2.65. The van der Waals surface area contributed by atoms with Gasteiger partial charge in [0.25, 0.3) is 5.82 Å². The number of rotatable bonds is 3. The number of nitriles is 1. The highest BCUT2D eigenvalue weighted by Gasteiger charge is 2.02. The van der Waals surface area contributed by atoms with Crippen molar-refractivity contribution in [3.05, 3.63) is 12.2 Å².